The summed E-state index contributed by atoms with van der Waals surface area (Å²) in [6, 6.07) is 0. The zero-order chi connectivity index (χ0) is 9.72. The Hall–Kier alpha value is -1.32. The van der Waals surface area contributed by atoms with Crippen LogP contribution >= 0.6 is 0 Å². The molecule has 0 amide bonds. The Morgan fingerprint density at radius 1 is 1.25 bits per heavy atom. The molecule has 0 radical (unpaired) electrons. The van der Waals surface area contributed by atoms with Gasteiger partial charge in [-0.3, -0.25) is 4.79 Å². The van der Waals surface area contributed by atoms with Crippen LogP contribution in [0, 0.1) is 0 Å². The number of carboxylic acid groups (broad SMARTS) is 2. The molecule has 0 aromatic heterocycles. The molecule has 0 heterocycles. The first-order chi connectivity index (χ1) is 5.49. The van der Waals surface area contributed by atoms with E-state index >= 15 is 0 Å². The molecule has 0 unspecified atom stereocenters. The second kappa shape index (κ2) is 4.54. The summed E-state index contributed by atoms with van der Waals surface area (Å²) in [5.41, 5.74) is 0.606. The molecule has 0 saturated heterocycles. The minimum absolute atomic E-state index is 0.00926. The van der Waals surface area contributed by atoms with E-state index in [2.05, 4.69) is 0 Å². The summed E-state index contributed by atoms with van der Waals surface area (Å²) in [5, 5.41) is 17.0. The molecule has 12 heavy (non-hydrogen) atoms. The molecule has 0 fully saturated rings. The number of rotatable bonds is 4. The fourth-order valence-corrected chi connectivity index (χ4v) is 0.774. The molecule has 0 rings (SSSR count). The standard InChI is InChI=1S/C8H12O4/c1-3-5(2)6(8(11)12)4-7(9)10/h3-4H2,1-2H3,(H,9,10)(H,11,12)/b6-5-. The lowest BCUT2D eigenvalue weighted by atomic mass is 10.0. The highest BCUT2D eigenvalue weighted by molar-refractivity contribution is 5.92. The number of allylic oxidation sites excluding steroid dienone is 1. The molecule has 0 aromatic rings. The van der Waals surface area contributed by atoms with Gasteiger partial charge < -0.3 is 10.2 Å². The van der Waals surface area contributed by atoms with E-state index in [0.29, 0.717) is 12.0 Å². The van der Waals surface area contributed by atoms with Gasteiger partial charge in [0.05, 0.1) is 6.42 Å². The van der Waals surface area contributed by atoms with Crippen molar-refractivity contribution >= 4 is 11.9 Å². The number of aliphatic carboxylic acids is 2. The maximum Gasteiger partial charge on any atom is 0.332 e. The van der Waals surface area contributed by atoms with E-state index in [1.165, 1.54) is 0 Å². The summed E-state index contributed by atoms with van der Waals surface area (Å²) in [6.07, 6.45) is 0.157. The third kappa shape index (κ3) is 3.18. The molecular weight excluding hydrogens is 160 g/mol. The van der Waals surface area contributed by atoms with Gasteiger partial charge >= 0.3 is 11.9 Å². The molecular formula is C8H12O4. The number of hydrogen-bond acceptors (Lipinski definition) is 2. The fraction of sp³-hybridized carbons (Fsp3) is 0.500. The monoisotopic (exact) mass is 172 g/mol. The van der Waals surface area contributed by atoms with E-state index in [4.69, 9.17) is 10.2 Å². The molecule has 0 aliphatic carbocycles. The third-order valence-electron chi connectivity index (χ3n) is 1.63. The van der Waals surface area contributed by atoms with Crippen molar-refractivity contribution < 1.29 is 19.8 Å². The third-order valence-corrected chi connectivity index (χ3v) is 1.63. The van der Waals surface area contributed by atoms with Crippen LogP contribution in [0.2, 0.25) is 0 Å². The smallest absolute Gasteiger partial charge is 0.332 e. The Morgan fingerprint density at radius 3 is 2.00 bits per heavy atom. The van der Waals surface area contributed by atoms with Crippen LogP contribution in [0.5, 0.6) is 0 Å². The summed E-state index contributed by atoms with van der Waals surface area (Å²) in [4.78, 5) is 20.8. The SMILES string of the molecule is CC/C(C)=C(/CC(=O)O)C(=O)O. The summed E-state index contributed by atoms with van der Waals surface area (Å²) in [5.74, 6) is -2.25. The van der Waals surface area contributed by atoms with Crippen LogP contribution in [0.25, 0.3) is 0 Å². The van der Waals surface area contributed by atoms with E-state index < -0.39 is 18.4 Å². The Balaban J connectivity index is 4.66. The van der Waals surface area contributed by atoms with Gasteiger partial charge in [-0.25, -0.2) is 4.79 Å². The lowest BCUT2D eigenvalue weighted by Gasteiger charge is -2.02. The minimum Gasteiger partial charge on any atom is -0.481 e. The average molecular weight is 172 g/mol. The second-order valence-electron chi connectivity index (χ2n) is 2.49. The van der Waals surface area contributed by atoms with Gasteiger partial charge in [-0.1, -0.05) is 12.5 Å². The Labute approximate surface area is 70.5 Å². The Bertz CT molecular complexity index is 227. The van der Waals surface area contributed by atoms with Crippen molar-refractivity contribution in [3.63, 3.8) is 0 Å². The quantitative estimate of drug-likeness (QED) is 0.626. The van der Waals surface area contributed by atoms with Crippen LogP contribution < -0.4 is 0 Å². The van der Waals surface area contributed by atoms with Crippen molar-refractivity contribution in [1.82, 2.24) is 0 Å². The summed E-state index contributed by atoms with van der Waals surface area (Å²) in [6.45, 7) is 3.42. The van der Waals surface area contributed by atoms with Gasteiger partial charge in [-0.2, -0.15) is 0 Å². The van der Waals surface area contributed by atoms with Gasteiger partial charge in [0.15, 0.2) is 0 Å². The molecule has 68 valence electrons. The molecule has 0 aliphatic heterocycles. The number of hydrogen-bond donors (Lipinski definition) is 2. The maximum absolute atomic E-state index is 10.5. The lowest BCUT2D eigenvalue weighted by Crippen LogP contribution is -2.08. The van der Waals surface area contributed by atoms with E-state index in [1.54, 1.807) is 13.8 Å². The van der Waals surface area contributed by atoms with Crippen molar-refractivity contribution in [3.8, 4) is 0 Å². The van der Waals surface area contributed by atoms with Gasteiger partial charge in [0, 0.05) is 5.57 Å². The topological polar surface area (TPSA) is 74.6 Å². The maximum atomic E-state index is 10.5. The Morgan fingerprint density at radius 2 is 1.75 bits per heavy atom. The van der Waals surface area contributed by atoms with Crippen molar-refractivity contribution in [2.75, 3.05) is 0 Å². The van der Waals surface area contributed by atoms with Gasteiger partial charge in [0.1, 0.15) is 0 Å². The molecule has 0 bridgehead atoms. The molecule has 0 spiro atoms. The highest BCUT2D eigenvalue weighted by Gasteiger charge is 2.13. The van der Waals surface area contributed by atoms with Crippen LogP contribution in [0.4, 0.5) is 0 Å². The highest BCUT2D eigenvalue weighted by Crippen LogP contribution is 2.11. The van der Waals surface area contributed by atoms with E-state index in [-0.39, 0.29) is 5.57 Å². The molecule has 0 aromatic carbocycles. The number of carboxylic acids is 2. The molecule has 0 aliphatic rings. The molecule has 0 saturated carbocycles. The van der Waals surface area contributed by atoms with Crippen LogP contribution in [0.3, 0.4) is 0 Å². The molecule has 0 atom stereocenters. The fourth-order valence-electron chi connectivity index (χ4n) is 0.774. The van der Waals surface area contributed by atoms with Gasteiger partial charge in [0.2, 0.25) is 0 Å². The number of carbonyl (C=O) groups is 2. The second-order valence-corrected chi connectivity index (χ2v) is 2.49. The van der Waals surface area contributed by atoms with Gasteiger partial charge in [-0.15, -0.1) is 0 Å². The molecule has 2 N–H and O–H groups in total. The minimum atomic E-state index is -1.14. The van der Waals surface area contributed by atoms with Crippen LogP contribution in [0.1, 0.15) is 26.7 Å². The molecule has 4 heteroatoms. The zero-order valence-electron chi connectivity index (χ0n) is 7.13. The van der Waals surface area contributed by atoms with Gasteiger partial charge in [-0.05, 0) is 13.3 Å². The van der Waals surface area contributed by atoms with Crippen molar-refractivity contribution in [3.05, 3.63) is 11.1 Å². The van der Waals surface area contributed by atoms with Crippen LogP contribution in [-0.4, -0.2) is 22.2 Å². The highest BCUT2D eigenvalue weighted by atomic mass is 16.4. The summed E-state index contributed by atoms with van der Waals surface area (Å²) >= 11 is 0. The summed E-state index contributed by atoms with van der Waals surface area (Å²) in [7, 11) is 0. The molecule has 4 nitrogen and oxygen atoms in total. The largest absolute Gasteiger partial charge is 0.481 e. The lowest BCUT2D eigenvalue weighted by molar-refractivity contribution is -0.139. The first kappa shape index (κ1) is 10.7. The zero-order valence-corrected chi connectivity index (χ0v) is 7.13. The van der Waals surface area contributed by atoms with Crippen LogP contribution in [0.15, 0.2) is 11.1 Å². The van der Waals surface area contributed by atoms with Crippen molar-refractivity contribution in [2.24, 2.45) is 0 Å². The van der Waals surface area contributed by atoms with E-state index in [0.717, 1.165) is 0 Å². The average Bonchev–Trinajstić information content (AvgIpc) is 1.98. The first-order valence-corrected chi connectivity index (χ1v) is 3.62. The predicted octanol–water partition coefficient (Wildman–Crippen LogP) is 1.27. The van der Waals surface area contributed by atoms with Gasteiger partial charge in [0.25, 0.3) is 0 Å². The first-order valence-electron chi connectivity index (χ1n) is 3.62. The Kier molecular flexibility index (Phi) is 4.04. The van der Waals surface area contributed by atoms with E-state index in [9.17, 15) is 9.59 Å². The van der Waals surface area contributed by atoms with Crippen molar-refractivity contribution in [2.45, 2.75) is 26.7 Å². The normalized spacial score (nSPS) is 12.2. The van der Waals surface area contributed by atoms with Crippen molar-refractivity contribution in [1.29, 1.82) is 0 Å². The predicted molar refractivity (Wildman–Crippen MR) is 42.9 cm³/mol. The van der Waals surface area contributed by atoms with E-state index in [1.807, 2.05) is 0 Å². The van der Waals surface area contributed by atoms with Crippen LogP contribution in [-0.2, 0) is 9.59 Å². The summed E-state index contributed by atoms with van der Waals surface area (Å²) < 4.78 is 0.